The molecule has 0 aliphatic heterocycles. The summed E-state index contributed by atoms with van der Waals surface area (Å²) in [5, 5.41) is 17.8. The highest BCUT2D eigenvalue weighted by Crippen LogP contribution is 2.42. The van der Waals surface area contributed by atoms with Crippen molar-refractivity contribution < 1.29 is 9.52 Å². The van der Waals surface area contributed by atoms with E-state index >= 15 is 0 Å². The molecule has 4 nitrogen and oxygen atoms in total. The van der Waals surface area contributed by atoms with Gasteiger partial charge < -0.3 is 5.21 Å². The van der Waals surface area contributed by atoms with Crippen LogP contribution in [0.5, 0.6) is 0 Å². The summed E-state index contributed by atoms with van der Waals surface area (Å²) >= 11 is 0. The van der Waals surface area contributed by atoms with Crippen molar-refractivity contribution in [3.8, 4) is 33.8 Å². The minimum absolute atomic E-state index is 0.0401. The maximum atomic E-state index is 14.3. The van der Waals surface area contributed by atoms with Crippen LogP contribution in [-0.4, -0.2) is 10.8 Å². The lowest BCUT2D eigenvalue weighted by Gasteiger charge is -2.23. The fourth-order valence-electron chi connectivity index (χ4n) is 6.10. The average molecular weight is 507 g/mol. The van der Waals surface area contributed by atoms with Gasteiger partial charge in [0.2, 0.25) is 5.69 Å². The Bertz CT molecular complexity index is 1900. The second-order valence-electron chi connectivity index (χ2n) is 10.4. The van der Waals surface area contributed by atoms with Gasteiger partial charge in [0, 0.05) is 34.7 Å². The Morgan fingerprint density at radius 3 is 1.85 bits per heavy atom. The van der Waals surface area contributed by atoms with Gasteiger partial charge in [-0.2, -0.15) is 4.73 Å². The molecule has 4 heteroatoms. The van der Waals surface area contributed by atoms with E-state index in [4.69, 9.17) is 4.98 Å². The Hall–Kier alpha value is -4.83. The number of pyridine rings is 2. The van der Waals surface area contributed by atoms with Crippen LogP contribution in [0.25, 0.3) is 55.3 Å². The van der Waals surface area contributed by atoms with E-state index in [-0.39, 0.29) is 11.7 Å². The molecule has 39 heavy (non-hydrogen) atoms. The molecule has 0 saturated carbocycles. The molecule has 0 N–H and O–H groups in total. The molecule has 1 atom stereocenters. The van der Waals surface area contributed by atoms with Crippen molar-refractivity contribution in [3.63, 3.8) is 0 Å². The SMILES string of the molecule is CC1CC(=O)c2c([n+]([O-])c(-c3nc(-c4ccccc4)c(-c4ccccc4)c4ccccc34)c3ccccc23)C1. The topological polar surface area (TPSA) is 56.9 Å². The number of carbonyl (C=O) groups excluding carboxylic acids is 1. The molecule has 6 aromatic rings. The number of rotatable bonds is 3. The van der Waals surface area contributed by atoms with Crippen LogP contribution in [0.3, 0.4) is 0 Å². The molecule has 188 valence electrons. The number of Topliss-reactive ketones (excluding diaryl/α,β-unsaturated/α-hetero) is 1. The number of hydrogen-bond acceptors (Lipinski definition) is 3. The molecule has 0 radical (unpaired) electrons. The molecule has 4 aromatic carbocycles. The lowest BCUT2D eigenvalue weighted by Crippen LogP contribution is -2.40. The van der Waals surface area contributed by atoms with Crippen molar-refractivity contribution in [2.75, 3.05) is 0 Å². The second kappa shape index (κ2) is 9.17. The number of aromatic nitrogens is 2. The smallest absolute Gasteiger partial charge is 0.251 e. The van der Waals surface area contributed by atoms with E-state index in [1.54, 1.807) is 0 Å². The van der Waals surface area contributed by atoms with Gasteiger partial charge in [-0.05, 0) is 22.9 Å². The lowest BCUT2D eigenvalue weighted by atomic mass is 9.83. The van der Waals surface area contributed by atoms with Crippen molar-refractivity contribution in [3.05, 3.63) is 126 Å². The van der Waals surface area contributed by atoms with Crippen LogP contribution in [-0.2, 0) is 6.42 Å². The summed E-state index contributed by atoms with van der Waals surface area (Å²) in [4.78, 5) is 18.5. The first-order valence-electron chi connectivity index (χ1n) is 13.4. The van der Waals surface area contributed by atoms with Crippen LogP contribution in [0, 0.1) is 11.1 Å². The monoisotopic (exact) mass is 506 g/mol. The van der Waals surface area contributed by atoms with E-state index in [1.807, 2.05) is 85.8 Å². The van der Waals surface area contributed by atoms with Gasteiger partial charge in [0.25, 0.3) is 5.69 Å². The third kappa shape index (κ3) is 3.71. The van der Waals surface area contributed by atoms with E-state index in [1.165, 1.54) is 0 Å². The van der Waals surface area contributed by atoms with Crippen molar-refractivity contribution in [2.45, 2.75) is 19.8 Å². The first-order valence-corrected chi connectivity index (χ1v) is 13.4. The molecule has 0 spiro atoms. The number of nitrogens with zero attached hydrogens (tertiary/aromatic N) is 2. The Morgan fingerprint density at radius 1 is 0.641 bits per heavy atom. The third-order valence-corrected chi connectivity index (χ3v) is 7.79. The Labute approximate surface area is 226 Å². The predicted molar refractivity (Wildman–Crippen MR) is 156 cm³/mol. The van der Waals surface area contributed by atoms with Crippen molar-refractivity contribution >= 4 is 27.3 Å². The van der Waals surface area contributed by atoms with E-state index in [0.717, 1.165) is 48.7 Å². The highest BCUT2D eigenvalue weighted by molar-refractivity contribution is 6.14. The molecule has 0 bridgehead atoms. The zero-order chi connectivity index (χ0) is 26.5. The normalized spacial score (nSPS) is 15.0. The van der Waals surface area contributed by atoms with E-state index in [0.29, 0.717) is 35.5 Å². The van der Waals surface area contributed by atoms with Crippen LogP contribution in [0.4, 0.5) is 0 Å². The van der Waals surface area contributed by atoms with Crippen molar-refractivity contribution in [2.24, 2.45) is 5.92 Å². The minimum Gasteiger partial charge on any atom is -0.618 e. The van der Waals surface area contributed by atoms with Crippen LogP contribution >= 0.6 is 0 Å². The fourth-order valence-corrected chi connectivity index (χ4v) is 6.10. The van der Waals surface area contributed by atoms with Crippen LogP contribution in [0.2, 0.25) is 0 Å². The van der Waals surface area contributed by atoms with Gasteiger partial charge in [-0.25, -0.2) is 4.98 Å². The van der Waals surface area contributed by atoms with Gasteiger partial charge in [-0.1, -0.05) is 110 Å². The van der Waals surface area contributed by atoms with Crippen molar-refractivity contribution in [1.29, 1.82) is 0 Å². The molecule has 1 aliphatic rings. The van der Waals surface area contributed by atoms with Gasteiger partial charge >= 0.3 is 0 Å². The minimum atomic E-state index is 0.0401. The van der Waals surface area contributed by atoms with Crippen molar-refractivity contribution in [1.82, 2.24) is 4.98 Å². The fraction of sp³-hybridized carbons (Fsp3) is 0.114. The molecule has 2 heterocycles. The summed E-state index contributed by atoms with van der Waals surface area (Å²) in [6, 6.07) is 36.4. The molecule has 2 aromatic heterocycles. The number of benzene rings is 4. The molecule has 7 rings (SSSR count). The molecular formula is C35H26N2O2. The van der Waals surface area contributed by atoms with Crippen LogP contribution in [0.1, 0.15) is 29.4 Å². The summed E-state index contributed by atoms with van der Waals surface area (Å²) in [7, 11) is 0. The van der Waals surface area contributed by atoms with Gasteiger partial charge in [0.1, 0.15) is 5.69 Å². The Balaban J connectivity index is 1.65. The number of fused-ring (bicyclic) bond motifs is 4. The molecule has 1 unspecified atom stereocenters. The highest BCUT2D eigenvalue weighted by atomic mass is 16.5. The third-order valence-electron chi connectivity index (χ3n) is 7.79. The van der Waals surface area contributed by atoms with Crippen LogP contribution < -0.4 is 4.73 Å². The van der Waals surface area contributed by atoms with E-state index < -0.39 is 0 Å². The lowest BCUT2D eigenvalue weighted by molar-refractivity contribution is -0.601. The zero-order valence-electron chi connectivity index (χ0n) is 21.6. The number of ketones is 1. The van der Waals surface area contributed by atoms with Gasteiger partial charge in [-0.3, -0.25) is 4.79 Å². The average Bonchev–Trinajstić information content (AvgIpc) is 2.97. The Kier molecular flexibility index (Phi) is 5.48. The summed E-state index contributed by atoms with van der Waals surface area (Å²) in [6.45, 7) is 2.03. The quantitative estimate of drug-likeness (QED) is 0.182. The summed E-state index contributed by atoms with van der Waals surface area (Å²) < 4.78 is 0.997. The first-order chi connectivity index (χ1) is 19.1. The molecule has 0 saturated heterocycles. The summed E-state index contributed by atoms with van der Waals surface area (Å²) in [5.74, 6) is 0.155. The van der Waals surface area contributed by atoms with Gasteiger partial charge in [0.05, 0.1) is 16.6 Å². The van der Waals surface area contributed by atoms with E-state index in [2.05, 4.69) is 30.3 Å². The van der Waals surface area contributed by atoms with Crippen LogP contribution in [0.15, 0.2) is 109 Å². The van der Waals surface area contributed by atoms with Gasteiger partial charge in [-0.15, -0.1) is 0 Å². The van der Waals surface area contributed by atoms with Gasteiger partial charge in [0.15, 0.2) is 5.78 Å². The standard InChI is InChI=1S/C35H26N2O2/c1-22-20-29-32(30(38)21-22)26-17-9-11-19-28(26)35(37(29)39)34-27-18-10-8-16-25(27)31(23-12-4-2-5-13-23)33(36-34)24-14-6-3-7-15-24/h2-19,22H,20-21H2,1H3. The molecular weight excluding hydrogens is 480 g/mol. The Morgan fingerprint density at radius 2 is 1.18 bits per heavy atom. The number of carbonyl (C=O) groups is 1. The molecule has 0 fully saturated rings. The maximum absolute atomic E-state index is 14.3. The predicted octanol–water partition coefficient (Wildman–Crippen LogP) is 7.79. The summed E-state index contributed by atoms with van der Waals surface area (Å²) in [5.41, 5.74) is 6.14. The largest absolute Gasteiger partial charge is 0.618 e. The molecule has 1 aliphatic carbocycles. The number of hydrogen-bond donors (Lipinski definition) is 0. The summed E-state index contributed by atoms with van der Waals surface area (Å²) in [6.07, 6.45) is 1.02. The highest BCUT2D eigenvalue weighted by Gasteiger charge is 2.35. The second-order valence-corrected chi connectivity index (χ2v) is 10.4. The molecule has 0 amide bonds. The first kappa shape index (κ1) is 23.3. The zero-order valence-corrected chi connectivity index (χ0v) is 21.6. The van der Waals surface area contributed by atoms with E-state index in [9.17, 15) is 10.0 Å². The maximum Gasteiger partial charge on any atom is 0.251 e.